The number of carbonyl (C=O) groups excluding carboxylic acids is 2. The average Bonchev–Trinajstić information content (AvgIpc) is 3.07. The second-order valence-electron chi connectivity index (χ2n) is 6.57. The predicted molar refractivity (Wildman–Crippen MR) is 91.0 cm³/mol. The van der Waals surface area contributed by atoms with Crippen molar-refractivity contribution >= 4 is 21.8 Å². The standard InChI is InChI=1S/C16H23N3O6S/c1-19(10-14(20)18-11-4-5-11)26(22,23)15-7-6-13(25-15)16(21)17-9-12-3-2-8-24-12/h6-7,11-12H,2-5,8-10H2,1H3,(H,17,21)(H,18,20). The van der Waals surface area contributed by atoms with Gasteiger partial charge in [-0.1, -0.05) is 0 Å². The molecule has 1 aliphatic heterocycles. The molecule has 2 fully saturated rings. The first-order chi connectivity index (χ1) is 12.4. The number of amides is 2. The van der Waals surface area contributed by atoms with E-state index in [1.54, 1.807) is 0 Å². The molecule has 0 radical (unpaired) electrons. The van der Waals surface area contributed by atoms with Crippen molar-refractivity contribution in [3.63, 3.8) is 0 Å². The molecule has 2 heterocycles. The van der Waals surface area contributed by atoms with Crippen LogP contribution in [0.4, 0.5) is 0 Å². The molecule has 26 heavy (non-hydrogen) atoms. The SMILES string of the molecule is CN(CC(=O)NC1CC1)S(=O)(=O)c1ccc(C(=O)NCC2CCCO2)o1. The lowest BCUT2D eigenvalue weighted by molar-refractivity contribution is -0.121. The number of hydrogen-bond acceptors (Lipinski definition) is 6. The fraction of sp³-hybridized carbons (Fsp3) is 0.625. The lowest BCUT2D eigenvalue weighted by Crippen LogP contribution is -2.39. The van der Waals surface area contributed by atoms with Crippen LogP contribution in [-0.2, 0) is 19.6 Å². The molecule has 1 atom stereocenters. The summed E-state index contributed by atoms with van der Waals surface area (Å²) in [7, 11) is -2.70. The van der Waals surface area contributed by atoms with Gasteiger partial charge in [0, 0.05) is 26.2 Å². The zero-order valence-electron chi connectivity index (χ0n) is 14.6. The van der Waals surface area contributed by atoms with Crippen LogP contribution in [0.3, 0.4) is 0 Å². The molecule has 3 rings (SSSR count). The highest BCUT2D eigenvalue weighted by Crippen LogP contribution is 2.20. The zero-order valence-corrected chi connectivity index (χ0v) is 15.4. The molecule has 2 N–H and O–H groups in total. The second-order valence-corrected chi connectivity index (χ2v) is 8.54. The van der Waals surface area contributed by atoms with Gasteiger partial charge in [-0.25, -0.2) is 8.42 Å². The van der Waals surface area contributed by atoms with Crippen LogP contribution in [0.15, 0.2) is 21.6 Å². The summed E-state index contributed by atoms with van der Waals surface area (Å²) < 4.78 is 36.5. The Morgan fingerprint density at radius 3 is 2.69 bits per heavy atom. The Bertz CT molecular complexity index is 765. The third-order valence-electron chi connectivity index (χ3n) is 4.29. The van der Waals surface area contributed by atoms with Gasteiger partial charge >= 0.3 is 0 Å². The highest BCUT2D eigenvalue weighted by atomic mass is 32.2. The molecular weight excluding hydrogens is 362 g/mol. The topological polar surface area (TPSA) is 118 Å². The number of hydrogen-bond donors (Lipinski definition) is 2. The van der Waals surface area contributed by atoms with Crippen molar-refractivity contribution < 1.29 is 27.2 Å². The van der Waals surface area contributed by atoms with E-state index in [0.717, 1.165) is 30.0 Å². The van der Waals surface area contributed by atoms with Crippen LogP contribution in [0.5, 0.6) is 0 Å². The number of rotatable bonds is 8. The number of ether oxygens (including phenoxy) is 1. The van der Waals surface area contributed by atoms with Gasteiger partial charge in [-0.3, -0.25) is 9.59 Å². The van der Waals surface area contributed by atoms with Crippen molar-refractivity contribution in [2.24, 2.45) is 0 Å². The van der Waals surface area contributed by atoms with Crippen LogP contribution in [0, 0.1) is 0 Å². The molecule has 1 saturated carbocycles. The number of sulfonamides is 1. The molecule has 2 aliphatic rings. The summed E-state index contributed by atoms with van der Waals surface area (Å²) in [6, 6.07) is 2.67. The molecule has 9 nitrogen and oxygen atoms in total. The molecule has 10 heteroatoms. The molecule has 1 unspecified atom stereocenters. The van der Waals surface area contributed by atoms with Crippen LogP contribution in [0.2, 0.25) is 0 Å². The lowest BCUT2D eigenvalue weighted by Gasteiger charge is -2.15. The van der Waals surface area contributed by atoms with E-state index in [-0.39, 0.29) is 35.5 Å². The monoisotopic (exact) mass is 385 g/mol. The first-order valence-corrected chi connectivity index (χ1v) is 10.1. The summed E-state index contributed by atoms with van der Waals surface area (Å²) >= 11 is 0. The van der Waals surface area contributed by atoms with E-state index in [2.05, 4.69) is 10.6 Å². The van der Waals surface area contributed by atoms with Gasteiger partial charge in [0.05, 0.1) is 12.6 Å². The Morgan fingerprint density at radius 1 is 1.27 bits per heavy atom. The Kier molecular flexibility index (Phi) is 5.64. The minimum atomic E-state index is -3.99. The highest BCUT2D eigenvalue weighted by molar-refractivity contribution is 7.89. The molecule has 0 aromatic carbocycles. The van der Waals surface area contributed by atoms with Crippen LogP contribution in [-0.4, -0.2) is 63.4 Å². The molecule has 0 spiro atoms. The van der Waals surface area contributed by atoms with Gasteiger partial charge < -0.3 is 19.8 Å². The second kappa shape index (κ2) is 7.77. The number of likely N-dealkylation sites (N-methyl/N-ethyl adjacent to an activating group) is 1. The third kappa shape index (κ3) is 4.63. The summed E-state index contributed by atoms with van der Waals surface area (Å²) in [4.78, 5) is 23.9. The van der Waals surface area contributed by atoms with E-state index in [0.29, 0.717) is 13.2 Å². The quantitative estimate of drug-likeness (QED) is 0.655. The minimum Gasteiger partial charge on any atom is -0.438 e. The van der Waals surface area contributed by atoms with Gasteiger partial charge in [-0.15, -0.1) is 0 Å². The molecule has 1 saturated heterocycles. The van der Waals surface area contributed by atoms with Crippen molar-refractivity contribution in [3.05, 3.63) is 17.9 Å². The molecule has 1 aromatic heterocycles. The highest BCUT2D eigenvalue weighted by Gasteiger charge is 2.30. The lowest BCUT2D eigenvalue weighted by atomic mass is 10.2. The first kappa shape index (κ1) is 18.9. The number of carbonyl (C=O) groups is 2. The Morgan fingerprint density at radius 2 is 2.04 bits per heavy atom. The maximum atomic E-state index is 12.5. The molecule has 144 valence electrons. The van der Waals surface area contributed by atoms with Crippen LogP contribution < -0.4 is 10.6 Å². The average molecular weight is 385 g/mol. The third-order valence-corrected chi connectivity index (χ3v) is 5.97. The largest absolute Gasteiger partial charge is 0.438 e. The van der Waals surface area contributed by atoms with E-state index in [4.69, 9.17) is 9.15 Å². The summed E-state index contributed by atoms with van der Waals surface area (Å²) in [5.74, 6) is -0.965. The van der Waals surface area contributed by atoms with Crippen LogP contribution in [0.1, 0.15) is 36.2 Å². The van der Waals surface area contributed by atoms with E-state index in [9.17, 15) is 18.0 Å². The maximum Gasteiger partial charge on any atom is 0.287 e. The predicted octanol–water partition coefficient (Wildman–Crippen LogP) is 0.0875. The van der Waals surface area contributed by atoms with Crippen molar-refractivity contribution in [3.8, 4) is 0 Å². The van der Waals surface area contributed by atoms with E-state index >= 15 is 0 Å². The van der Waals surface area contributed by atoms with Crippen LogP contribution in [0.25, 0.3) is 0 Å². The van der Waals surface area contributed by atoms with Crippen molar-refractivity contribution in [1.29, 1.82) is 0 Å². The zero-order chi connectivity index (χ0) is 18.7. The summed E-state index contributed by atoms with van der Waals surface area (Å²) in [6.45, 7) is 0.729. The summed E-state index contributed by atoms with van der Waals surface area (Å²) in [6.07, 6.45) is 3.67. The molecule has 1 aliphatic carbocycles. The van der Waals surface area contributed by atoms with E-state index in [1.807, 2.05) is 0 Å². The van der Waals surface area contributed by atoms with Gasteiger partial charge in [0.2, 0.25) is 11.0 Å². The fourth-order valence-electron chi connectivity index (χ4n) is 2.62. The Labute approximate surface area is 152 Å². The van der Waals surface area contributed by atoms with Gasteiger partial charge in [-0.05, 0) is 37.8 Å². The van der Waals surface area contributed by atoms with Gasteiger partial charge in [0.15, 0.2) is 5.76 Å². The number of furan rings is 1. The Balaban J connectivity index is 1.57. The van der Waals surface area contributed by atoms with Gasteiger partial charge in [0.25, 0.3) is 15.9 Å². The number of nitrogens with one attached hydrogen (secondary N) is 2. The first-order valence-electron chi connectivity index (χ1n) is 8.61. The van der Waals surface area contributed by atoms with Crippen molar-refractivity contribution in [1.82, 2.24) is 14.9 Å². The Hall–Kier alpha value is -1.91. The summed E-state index contributed by atoms with van der Waals surface area (Å²) in [5, 5.41) is 5.02. The molecule has 2 amide bonds. The van der Waals surface area contributed by atoms with Gasteiger partial charge in [0.1, 0.15) is 0 Å². The smallest absolute Gasteiger partial charge is 0.287 e. The van der Waals surface area contributed by atoms with E-state index in [1.165, 1.54) is 19.2 Å². The maximum absolute atomic E-state index is 12.5. The van der Waals surface area contributed by atoms with Crippen LogP contribution >= 0.6 is 0 Å². The number of nitrogens with zero attached hydrogens (tertiary/aromatic N) is 1. The summed E-state index contributed by atoms with van der Waals surface area (Å²) in [5.41, 5.74) is 0. The minimum absolute atomic E-state index is 0.0202. The molecular formula is C16H23N3O6S. The fourth-order valence-corrected chi connectivity index (χ4v) is 3.65. The molecule has 1 aromatic rings. The molecule has 0 bridgehead atoms. The normalized spacial score (nSPS) is 20.3. The van der Waals surface area contributed by atoms with Gasteiger partial charge in [-0.2, -0.15) is 4.31 Å². The van der Waals surface area contributed by atoms with Crippen molar-refractivity contribution in [2.45, 2.75) is 42.9 Å². The van der Waals surface area contributed by atoms with E-state index < -0.39 is 15.9 Å². The van der Waals surface area contributed by atoms with Crippen molar-refractivity contribution in [2.75, 3.05) is 26.7 Å².